The smallest absolute Gasteiger partial charge is 0.101 e. The third-order valence-corrected chi connectivity index (χ3v) is 3.28. The maximum Gasteiger partial charge on any atom is 0.101 e. The lowest BCUT2D eigenvalue weighted by molar-refractivity contribution is 0.186. The van der Waals surface area contributed by atoms with E-state index in [2.05, 4.69) is 10.5 Å². The van der Waals surface area contributed by atoms with Gasteiger partial charge >= 0.3 is 0 Å². The van der Waals surface area contributed by atoms with Crippen LogP contribution in [0.3, 0.4) is 0 Å². The molecule has 0 heterocycles. The molecule has 1 fully saturated rings. The number of nitrogens with one attached hydrogen (secondary N) is 1. The van der Waals surface area contributed by atoms with Crippen molar-refractivity contribution in [3.05, 3.63) is 4.91 Å². The molecule has 0 aromatic heterocycles. The first-order valence-electron chi connectivity index (χ1n) is 5.13. The van der Waals surface area contributed by atoms with Crippen LogP contribution in [-0.2, 0) is 0 Å². The first-order valence-corrected chi connectivity index (χ1v) is 5.13. The SMILES string of the molecule is CNC1CCCCC1C(C)(C)N=O. The first kappa shape index (κ1) is 10.6. The van der Waals surface area contributed by atoms with Crippen LogP contribution < -0.4 is 5.32 Å². The highest BCUT2D eigenvalue weighted by atomic mass is 16.3. The van der Waals surface area contributed by atoms with Crippen molar-refractivity contribution >= 4 is 0 Å². The van der Waals surface area contributed by atoms with Crippen LogP contribution in [0.25, 0.3) is 0 Å². The van der Waals surface area contributed by atoms with Gasteiger partial charge in [0.1, 0.15) is 5.54 Å². The van der Waals surface area contributed by atoms with Crippen molar-refractivity contribution < 1.29 is 0 Å². The Kier molecular flexibility index (Phi) is 3.42. The lowest BCUT2D eigenvalue weighted by atomic mass is 9.74. The third-order valence-electron chi connectivity index (χ3n) is 3.28. The number of nitroso groups, excluding NO2 is 1. The molecule has 2 atom stereocenters. The summed E-state index contributed by atoms with van der Waals surface area (Å²) in [5.41, 5.74) is -0.409. The quantitative estimate of drug-likeness (QED) is 0.684. The van der Waals surface area contributed by atoms with E-state index in [9.17, 15) is 4.91 Å². The fourth-order valence-electron chi connectivity index (χ4n) is 2.39. The van der Waals surface area contributed by atoms with E-state index in [-0.39, 0.29) is 0 Å². The Morgan fingerprint density at radius 1 is 1.31 bits per heavy atom. The molecule has 2 unspecified atom stereocenters. The second-order valence-corrected chi connectivity index (χ2v) is 4.53. The Morgan fingerprint density at radius 3 is 2.46 bits per heavy atom. The Morgan fingerprint density at radius 2 is 1.92 bits per heavy atom. The Hall–Kier alpha value is -0.440. The molecule has 1 N–H and O–H groups in total. The van der Waals surface area contributed by atoms with Crippen LogP contribution in [0.1, 0.15) is 39.5 Å². The maximum absolute atomic E-state index is 10.7. The minimum atomic E-state index is -0.409. The van der Waals surface area contributed by atoms with Gasteiger partial charge in [0.25, 0.3) is 0 Å². The van der Waals surface area contributed by atoms with Crippen molar-refractivity contribution in [2.75, 3.05) is 7.05 Å². The minimum absolute atomic E-state index is 0.406. The van der Waals surface area contributed by atoms with Gasteiger partial charge in [-0.15, -0.1) is 0 Å². The van der Waals surface area contributed by atoms with Gasteiger partial charge in [0, 0.05) is 12.0 Å². The normalized spacial score (nSPS) is 30.1. The number of hydrogen-bond acceptors (Lipinski definition) is 3. The van der Waals surface area contributed by atoms with Gasteiger partial charge in [-0.05, 0) is 33.7 Å². The van der Waals surface area contributed by atoms with Crippen molar-refractivity contribution in [2.24, 2.45) is 11.1 Å². The van der Waals surface area contributed by atoms with Gasteiger partial charge in [-0.3, -0.25) is 0 Å². The van der Waals surface area contributed by atoms with E-state index >= 15 is 0 Å². The summed E-state index contributed by atoms with van der Waals surface area (Å²) in [5.74, 6) is 0.406. The summed E-state index contributed by atoms with van der Waals surface area (Å²) in [4.78, 5) is 10.7. The standard InChI is InChI=1S/C10H20N2O/c1-10(2,12-13)8-6-4-5-7-9(8)11-3/h8-9,11H,4-7H2,1-3H3. The lowest BCUT2D eigenvalue weighted by Gasteiger charge is -2.38. The maximum atomic E-state index is 10.7. The molecule has 76 valence electrons. The molecule has 0 bridgehead atoms. The molecule has 1 aliphatic rings. The van der Waals surface area contributed by atoms with Crippen molar-refractivity contribution in [1.82, 2.24) is 5.32 Å². The molecule has 1 rings (SSSR count). The molecule has 13 heavy (non-hydrogen) atoms. The largest absolute Gasteiger partial charge is 0.317 e. The van der Waals surface area contributed by atoms with Crippen LogP contribution in [-0.4, -0.2) is 18.6 Å². The van der Waals surface area contributed by atoms with Crippen LogP contribution in [0, 0.1) is 10.8 Å². The van der Waals surface area contributed by atoms with Crippen LogP contribution in [0.15, 0.2) is 5.18 Å². The van der Waals surface area contributed by atoms with E-state index in [1.54, 1.807) is 0 Å². The number of hydrogen-bond donors (Lipinski definition) is 1. The molecular formula is C10H20N2O. The van der Waals surface area contributed by atoms with E-state index in [0.717, 1.165) is 6.42 Å². The fourth-order valence-corrected chi connectivity index (χ4v) is 2.39. The average Bonchev–Trinajstić information content (AvgIpc) is 2.18. The average molecular weight is 184 g/mol. The number of nitrogens with zero attached hydrogens (tertiary/aromatic N) is 1. The topological polar surface area (TPSA) is 41.5 Å². The first-order chi connectivity index (χ1) is 6.11. The fraction of sp³-hybridized carbons (Fsp3) is 1.00. The van der Waals surface area contributed by atoms with Crippen LogP contribution in [0.2, 0.25) is 0 Å². The Labute approximate surface area is 80.3 Å². The third kappa shape index (κ3) is 2.27. The van der Waals surface area contributed by atoms with Gasteiger partial charge in [0.15, 0.2) is 0 Å². The summed E-state index contributed by atoms with van der Waals surface area (Å²) in [6.07, 6.45) is 4.82. The molecule has 3 nitrogen and oxygen atoms in total. The summed E-state index contributed by atoms with van der Waals surface area (Å²) in [6, 6.07) is 0.474. The minimum Gasteiger partial charge on any atom is -0.317 e. The van der Waals surface area contributed by atoms with Crippen molar-refractivity contribution in [2.45, 2.75) is 51.1 Å². The predicted octanol–water partition coefficient (Wildman–Crippen LogP) is 2.31. The molecule has 0 saturated heterocycles. The highest BCUT2D eigenvalue weighted by Gasteiger charge is 2.37. The monoisotopic (exact) mass is 184 g/mol. The van der Waals surface area contributed by atoms with E-state index < -0.39 is 5.54 Å². The van der Waals surface area contributed by atoms with Gasteiger partial charge in [-0.2, -0.15) is 4.91 Å². The molecular weight excluding hydrogens is 164 g/mol. The summed E-state index contributed by atoms with van der Waals surface area (Å²) in [7, 11) is 1.98. The highest BCUT2D eigenvalue weighted by Crippen LogP contribution is 2.34. The summed E-state index contributed by atoms with van der Waals surface area (Å²) in [6.45, 7) is 3.89. The highest BCUT2D eigenvalue weighted by molar-refractivity contribution is 4.94. The zero-order valence-corrected chi connectivity index (χ0v) is 8.84. The Balaban J connectivity index is 2.68. The molecule has 1 saturated carbocycles. The van der Waals surface area contributed by atoms with Gasteiger partial charge < -0.3 is 5.32 Å². The van der Waals surface area contributed by atoms with Crippen molar-refractivity contribution in [3.63, 3.8) is 0 Å². The van der Waals surface area contributed by atoms with Gasteiger partial charge in [0.05, 0.1) is 0 Å². The number of rotatable bonds is 3. The molecule has 0 aliphatic heterocycles. The van der Waals surface area contributed by atoms with Crippen LogP contribution in [0.5, 0.6) is 0 Å². The summed E-state index contributed by atoms with van der Waals surface area (Å²) < 4.78 is 0. The van der Waals surface area contributed by atoms with Gasteiger partial charge in [-0.25, -0.2) is 0 Å². The van der Waals surface area contributed by atoms with Gasteiger partial charge in [0.2, 0.25) is 0 Å². The second-order valence-electron chi connectivity index (χ2n) is 4.53. The molecule has 0 aromatic rings. The molecule has 0 aromatic carbocycles. The van der Waals surface area contributed by atoms with Gasteiger partial charge in [-0.1, -0.05) is 18.0 Å². The zero-order valence-electron chi connectivity index (χ0n) is 8.84. The van der Waals surface area contributed by atoms with E-state index in [0.29, 0.717) is 12.0 Å². The molecule has 0 amide bonds. The van der Waals surface area contributed by atoms with E-state index in [1.807, 2.05) is 20.9 Å². The van der Waals surface area contributed by atoms with Crippen LogP contribution in [0.4, 0.5) is 0 Å². The molecule has 1 aliphatic carbocycles. The Bertz CT molecular complexity index is 180. The van der Waals surface area contributed by atoms with E-state index in [1.165, 1.54) is 19.3 Å². The zero-order chi connectivity index (χ0) is 9.90. The summed E-state index contributed by atoms with van der Waals surface area (Å²) >= 11 is 0. The summed E-state index contributed by atoms with van der Waals surface area (Å²) in [5, 5.41) is 6.55. The molecule has 0 spiro atoms. The van der Waals surface area contributed by atoms with Crippen molar-refractivity contribution in [3.8, 4) is 0 Å². The van der Waals surface area contributed by atoms with Crippen LogP contribution >= 0.6 is 0 Å². The van der Waals surface area contributed by atoms with Crippen molar-refractivity contribution in [1.29, 1.82) is 0 Å². The predicted molar refractivity (Wildman–Crippen MR) is 54.7 cm³/mol. The van der Waals surface area contributed by atoms with E-state index in [4.69, 9.17) is 0 Å². The molecule has 3 heteroatoms. The lowest BCUT2D eigenvalue weighted by Crippen LogP contribution is -2.46. The molecule has 0 radical (unpaired) electrons. The second kappa shape index (κ2) is 4.18.